The molecular weight excluding hydrogens is 246 g/mol. The van der Waals surface area contributed by atoms with Crippen molar-refractivity contribution < 1.29 is 23.0 Å². The third-order valence-electron chi connectivity index (χ3n) is 2.31. The van der Waals surface area contributed by atoms with Gasteiger partial charge < -0.3 is 14.5 Å². The number of amides is 1. The van der Waals surface area contributed by atoms with Gasteiger partial charge in [-0.1, -0.05) is 6.07 Å². The summed E-state index contributed by atoms with van der Waals surface area (Å²) in [7, 11) is 1.18. The zero-order valence-electron chi connectivity index (χ0n) is 9.37. The molecule has 0 radical (unpaired) electrons. The summed E-state index contributed by atoms with van der Waals surface area (Å²) in [5, 5.41) is 3.00. The molecule has 2 aromatic rings. The number of alkyl halides is 2. The first kappa shape index (κ1) is 12.2. The van der Waals surface area contributed by atoms with Crippen molar-refractivity contribution in [1.29, 1.82) is 0 Å². The fourth-order valence-electron chi connectivity index (χ4n) is 1.57. The van der Waals surface area contributed by atoms with Crippen LogP contribution in [0.2, 0.25) is 0 Å². The topological polar surface area (TPSA) is 63.3 Å². The van der Waals surface area contributed by atoms with Crippen LogP contribution in [0.15, 0.2) is 24.4 Å². The van der Waals surface area contributed by atoms with E-state index in [0.717, 1.165) is 0 Å². The summed E-state index contributed by atoms with van der Waals surface area (Å²) < 4.78 is 33.6. The third kappa shape index (κ3) is 2.34. The van der Waals surface area contributed by atoms with Crippen LogP contribution in [0.5, 0.6) is 5.75 Å². The number of fused-ring (bicyclic) bond motifs is 1. The number of hydrogen-bond donors (Lipinski definition) is 2. The second-order valence-electron chi connectivity index (χ2n) is 3.38. The van der Waals surface area contributed by atoms with Crippen LogP contribution in [0.3, 0.4) is 0 Å². The predicted octanol–water partition coefficient (Wildman–Crippen LogP) is 2.95. The van der Waals surface area contributed by atoms with E-state index in [1.54, 1.807) is 18.3 Å². The lowest BCUT2D eigenvalue weighted by atomic mass is 10.2. The van der Waals surface area contributed by atoms with E-state index in [1.165, 1.54) is 13.2 Å². The van der Waals surface area contributed by atoms with Gasteiger partial charge in [-0.25, -0.2) is 4.79 Å². The minimum absolute atomic E-state index is 0.108. The van der Waals surface area contributed by atoms with Crippen LogP contribution < -0.4 is 10.1 Å². The fourth-order valence-corrected chi connectivity index (χ4v) is 1.57. The van der Waals surface area contributed by atoms with E-state index in [2.05, 4.69) is 19.8 Å². The first-order valence-electron chi connectivity index (χ1n) is 5.01. The molecule has 96 valence electrons. The van der Waals surface area contributed by atoms with Crippen LogP contribution in [-0.2, 0) is 4.74 Å². The molecule has 0 saturated carbocycles. The summed E-state index contributed by atoms with van der Waals surface area (Å²) in [6.07, 6.45) is 0.824. The molecule has 0 bridgehead atoms. The van der Waals surface area contributed by atoms with Crippen LogP contribution >= 0.6 is 0 Å². The lowest BCUT2D eigenvalue weighted by Crippen LogP contribution is -2.13. The first-order valence-corrected chi connectivity index (χ1v) is 5.01. The Balaban J connectivity index is 2.46. The van der Waals surface area contributed by atoms with E-state index >= 15 is 0 Å². The number of halogens is 2. The van der Waals surface area contributed by atoms with E-state index in [1.807, 2.05) is 0 Å². The van der Waals surface area contributed by atoms with Crippen molar-refractivity contribution >= 4 is 22.7 Å². The Hall–Kier alpha value is -2.31. The number of carbonyl (C=O) groups is 1. The summed E-state index contributed by atoms with van der Waals surface area (Å²) >= 11 is 0. The molecule has 0 saturated heterocycles. The van der Waals surface area contributed by atoms with Crippen LogP contribution in [0, 0.1) is 0 Å². The molecule has 0 aliphatic carbocycles. The van der Waals surface area contributed by atoms with Gasteiger partial charge >= 0.3 is 12.7 Å². The largest absolute Gasteiger partial charge is 0.453 e. The number of benzene rings is 1. The summed E-state index contributed by atoms with van der Waals surface area (Å²) in [6.45, 7) is -2.99. The summed E-state index contributed by atoms with van der Waals surface area (Å²) in [5.41, 5.74) is 0.487. The number of nitrogens with one attached hydrogen (secondary N) is 2. The van der Waals surface area contributed by atoms with Gasteiger partial charge in [0.1, 0.15) is 0 Å². The fraction of sp³-hybridized carbons (Fsp3) is 0.182. The predicted molar refractivity (Wildman–Crippen MR) is 61.0 cm³/mol. The highest BCUT2D eigenvalue weighted by Gasteiger charge is 2.16. The maximum Gasteiger partial charge on any atom is 0.411 e. The monoisotopic (exact) mass is 256 g/mol. The van der Waals surface area contributed by atoms with Crippen LogP contribution in [0.4, 0.5) is 19.3 Å². The SMILES string of the molecule is COC(=O)Nc1ccc2cc[nH]c2c1OC(F)F. The van der Waals surface area contributed by atoms with Gasteiger partial charge in [0.05, 0.1) is 18.3 Å². The van der Waals surface area contributed by atoms with Gasteiger partial charge in [0.25, 0.3) is 0 Å². The molecule has 18 heavy (non-hydrogen) atoms. The highest BCUT2D eigenvalue weighted by Crippen LogP contribution is 2.34. The second-order valence-corrected chi connectivity index (χ2v) is 3.38. The zero-order valence-corrected chi connectivity index (χ0v) is 9.37. The highest BCUT2D eigenvalue weighted by atomic mass is 19.3. The summed E-state index contributed by atoms with van der Waals surface area (Å²) in [4.78, 5) is 13.9. The molecule has 0 aliphatic rings. The molecule has 0 atom stereocenters. The molecule has 2 N–H and O–H groups in total. The van der Waals surface area contributed by atoms with E-state index < -0.39 is 12.7 Å². The molecule has 0 spiro atoms. The smallest absolute Gasteiger partial charge is 0.411 e. The Kier molecular flexibility index (Phi) is 3.31. The van der Waals surface area contributed by atoms with E-state index in [9.17, 15) is 13.6 Å². The standard InChI is InChI=1S/C11H10F2N2O3/c1-17-11(16)15-7-3-2-6-4-5-14-8(6)9(7)18-10(12)13/h2-5,10,14H,1H3,(H,15,16). The highest BCUT2D eigenvalue weighted by molar-refractivity contribution is 5.96. The van der Waals surface area contributed by atoms with Crippen molar-refractivity contribution in [3.8, 4) is 5.75 Å². The van der Waals surface area contributed by atoms with Gasteiger partial charge in [-0.2, -0.15) is 8.78 Å². The Morgan fingerprint density at radius 3 is 2.83 bits per heavy atom. The van der Waals surface area contributed by atoms with E-state index in [0.29, 0.717) is 10.9 Å². The zero-order chi connectivity index (χ0) is 13.1. The van der Waals surface area contributed by atoms with Gasteiger partial charge in [0.15, 0.2) is 5.75 Å². The minimum Gasteiger partial charge on any atom is -0.453 e. The molecule has 1 aromatic carbocycles. The number of H-pyrrole nitrogens is 1. The molecule has 2 rings (SSSR count). The number of ether oxygens (including phenoxy) is 2. The van der Waals surface area contributed by atoms with Crippen molar-refractivity contribution in [1.82, 2.24) is 4.98 Å². The second kappa shape index (κ2) is 4.91. The summed E-state index contributed by atoms with van der Waals surface area (Å²) in [5.74, 6) is -0.127. The first-order chi connectivity index (χ1) is 8.61. The molecule has 0 fully saturated rings. The average Bonchev–Trinajstić information content (AvgIpc) is 2.79. The number of hydrogen-bond acceptors (Lipinski definition) is 3. The molecule has 1 aromatic heterocycles. The quantitative estimate of drug-likeness (QED) is 0.887. The van der Waals surface area contributed by atoms with Crippen molar-refractivity contribution in [3.05, 3.63) is 24.4 Å². The van der Waals surface area contributed by atoms with E-state index in [4.69, 9.17) is 0 Å². The molecule has 1 heterocycles. The normalized spacial score (nSPS) is 10.7. The number of aromatic amines is 1. The average molecular weight is 256 g/mol. The Morgan fingerprint density at radius 1 is 1.39 bits per heavy atom. The molecule has 0 unspecified atom stereocenters. The maximum atomic E-state index is 12.4. The van der Waals surface area contributed by atoms with Crippen molar-refractivity contribution in [2.75, 3.05) is 12.4 Å². The molecule has 0 aliphatic heterocycles. The van der Waals surface area contributed by atoms with Gasteiger partial charge in [-0.15, -0.1) is 0 Å². The van der Waals surface area contributed by atoms with Crippen molar-refractivity contribution in [2.45, 2.75) is 6.61 Å². The number of rotatable bonds is 3. The Morgan fingerprint density at radius 2 is 2.17 bits per heavy atom. The maximum absolute atomic E-state index is 12.4. The molecule has 5 nitrogen and oxygen atoms in total. The molecule has 1 amide bonds. The summed E-state index contributed by atoms with van der Waals surface area (Å²) in [6, 6.07) is 4.83. The van der Waals surface area contributed by atoms with Gasteiger partial charge in [0, 0.05) is 11.6 Å². The molecular formula is C11H10F2N2O3. The Bertz CT molecular complexity index is 568. The minimum atomic E-state index is -2.99. The Labute approximate surface area is 101 Å². The number of methoxy groups -OCH3 is 1. The number of carbonyl (C=O) groups excluding carboxylic acids is 1. The van der Waals surface area contributed by atoms with Gasteiger partial charge in [0.2, 0.25) is 0 Å². The lowest BCUT2D eigenvalue weighted by Gasteiger charge is -2.12. The van der Waals surface area contributed by atoms with Crippen LogP contribution in [-0.4, -0.2) is 24.8 Å². The van der Waals surface area contributed by atoms with E-state index in [-0.39, 0.29) is 11.4 Å². The van der Waals surface area contributed by atoms with Crippen molar-refractivity contribution in [3.63, 3.8) is 0 Å². The van der Waals surface area contributed by atoms with Crippen LogP contribution in [0.25, 0.3) is 10.9 Å². The van der Waals surface area contributed by atoms with Gasteiger partial charge in [-0.3, -0.25) is 5.32 Å². The third-order valence-corrected chi connectivity index (χ3v) is 2.31. The molecule has 7 heteroatoms. The van der Waals surface area contributed by atoms with Crippen LogP contribution in [0.1, 0.15) is 0 Å². The van der Waals surface area contributed by atoms with Crippen molar-refractivity contribution in [2.24, 2.45) is 0 Å². The van der Waals surface area contributed by atoms with Gasteiger partial charge in [-0.05, 0) is 12.1 Å². The number of anilines is 1. The lowest BCUT2D eigenvalue weighted by molar-refractivity contribution is -0.0484. The number of aromatic nitrogens is 1.